The molecule has 0 radical (unpaired) electrons. The fourth-order valence-corrected chi connectivity index (χ4v) is 0.790. The minimum Gasteiger partial charge on any atom is -0.308 e. The highest BCUT2D eigenvalue weighted by Gasteiger charge is 2.00. The largest absolute Gasteiger partial charge is 0.308 e. The van der Waals surface area contributed by atoms with Crippen molar-refractivity contribution in [2.45, 2.75) is 0 Å². The monoisotopic (exact) mass is 165 g/mol. The fourth-order valence-electron chi connectivity index (χ4n) is 0.790. The number of H-pyrrole nitrogens is 1. The minimum absolute atomic E-state index is 0.570. The van der Waals surface area contributed by atoms with Crippen LogP contribution in [-0.2, 0) is 7.05 Å². The predicted molar refractivity (Wildman–Crippen MR) is 40.7 cm³/mol. The molecular weight excluding hydrogens is 158 g/mol. The minimum atomic E-state index is 0.570. The van der Waals surface area contributed by atoms with Gasteiger partial charge in [-0.2, -0.15) is 10.1 Å². The quantitative estimate of drug-likeness (QED) is 0.636. The first-order chi connectivity index (χ1) is 5.86. The van der Waals surface area contributed by atoms with Gasteiger partial charge in [-0.25, -0.2) is 9.78 Å². The van der Waals surface area contributed by atoms with Gasteiger partial charge in [0.05, 0.1) is 6.20 Å². The van der Waals surface area contributed by atoms with E-state index in [1.807, 2.05) is 0 Å². The summed E-state index contributed by atoms with van der Waals surface area (Å²) in [6, 6.07) is 0. The molecular formula is C5H7N7. The summed E-state index contributed by atoms with van der Waals surface area (Å²) in [6.45, 7) is 0. The van der Waals surface area contributed by atoms with E-state index in [0.717, 1.165) is 5.82 Å². The van der Waals surface area contributed by atoms with Crippen LogP contribution in [0.15, 0.2) is 12.5 Å². The Morgan fingerprint density at radius 2 is 2.50 bits per heavy atom. The van der Waals surface area contributed by atoms with E-state index in [-0.39, 0.29) is 0 Å². The lowest BCUT2D eigenvalue weighted by molar-refractivity contribution is 0.720. The lowest BCUT2D eigenvalue weighted by atomic mass is 10.7. The SMILES string of the molecule is Cn1nncc1Nc1ncn[nH]1. The molecule has 0 spiro atoms. The summed E-state index contributed by atoms with van der Waals surface area (Å²) >= 11 is 0. The summed E-state index contributed by atoms with van der Waals surface area (Å²) in [5.41, 5.74) is 0. The van der Waals surface area contributed by atoms with Gasteiger partial charge in [0, 0.05) is 7.05 Å². The Bertz CT molecular complexity index is 348. The predicted octanol–water partition coefficient (Wildman–Crippen LogP) is -0.323. The van der Waals surface area contributed by atoms with E-state index in [1.165, 1.54) is 6.33 Å². The van der Waals surface area contributed by atoms with E-state index in [9.17, 15) is 0 Å². The van der Waals surface area contributed by atoms with Crippen molar-refractivity contribution in [3.63, 3.8) is 0 Å². The third-order valence-corrected chi connectivity index (χ3v) is 1.38. The first kappa shape index (κ1) is 6.77. The molecule has 0 aliphatic rings. The van der Waals surface area contributed by atoms with Crippen molar-refractivity contribution in [1.29, 1.82) is 0 Å². The van der Waals surface area contributed by atoms with E-state index in [0.29, 0.717) is 5.95 Å². The van der Waals surface area contributed by atoms with Gasteiger partial charge >= 0.3 is 0 Å². The topological polar surface area (TPSA) is 84.3 Å². The average Bonchev–Trinajstić information content (AvgIpc) is 2.65. The van der Waals surface area contributed by atoms with Crippen LogP contribution in [0.25, 0.3) is 0 Å². The highest BCUT2D eigenvalue weighted by molar-refractivity contribution is 5.44. The van der Waals surface area contributed by atoms with Crippen LogP contribution in [0.4, 0.5) is 11.8 Å². The van der Waals surface area contributed by atoms with Crippen LogP contribution < -0.4 is 5.32 Å². The number of anilines is 2. The number of hydrogen-bond acceptors (Lipinski definition) is 5. The Morgan fingerprint density at radius 1 is 1.58 bits per heavy atom. The van der Waals surface area contributed by atoms with E-state index in [1.54, 1.807) is 17.9 Å². The standard InChI is InChI=1S/C5H7N7/c1-12-4(2-7-11-12)9-5-6-3-8-10-5/h2-3H,1H3,(H2,6,8,9,10). The number of nitrogens with one attached hydrogen (secondary N) is 2. The van der Waals surface area contributed by atoms with E-state index < -0.39 is 0 Å². The van der Waals surface area contributed by atoms with Crippen molar-refractivity contribution in [3.8, 4) is 0 Å². The number of rotatable bonds is 2. The molecule has 2 heterocycles. The van der Waals surface area contributed by atoms with Crippen LogP contribution in [0.3, 0.4) is 0 Å². The van der Waals surface area contributed by atoms with Gasteiger partial charge in [-0.15, -0.1) is 5.10 Å². The lowest BCUT2D eigenvalue weighted by Gasteiger charge is -1.98. The molecule has 0 unspecified atom stereocenters. The van der Waals surface area contributed by atoms with Crippen molar-refractivity contribution >= 4 is 11.8 Å². The maximum absolute atomic E-state index is 3.89. The maximum atomic E-state index is 3.89. The third-order valence-electron chi connectivity index (χ3n) is 1.38. The molecule has 0 atom stereocenters. The summed E-state index contributed by atoms with van der Waals surface area (Å²) < 4.78 is 1.60. The molecule has 0 fully saturated rings. The van der Waals surface area contributed by atoms with Gasteiger partial charge in [0.2, 0.25) is 5.95 Å². The summed E-state index contributed by atoms with van der Waals surface area (Å²) in [4.78, 5) is 3.89. The number of aromatic amines is 1. The molecule has 0 aliphatic heterocycles. The summed E-state index contributed by atoms with van der Waals surface area (Å²) in [7, 11) is 1.78. The summed E-state index contributed by atoms with van der Waals surface area (Å²) in [5.74, 6) is 1.33. The van der Waals surface area contributed by atoms with Crippen LogP contribution in [0, 0.1) is 0 Å². The molecule has 2 aromatic rings. The molecule has 0 amide bonds. The van der Waals surface area contributed by atoms with Gasteiger partial charge in [0.25, 0.3) is 0 Å². The molecule has 0 bridgehead atoms. The second kappa shape index (κ2) is 2.61. The Morgan fingerprint density at radius 3 is 3.08 bits per heavy atom. The number of hydrogen-bond donors (Lipinski definition) is 2. The molecule has 7 nitrogen and oxygen atoms in total. The average molecular weight is 165 g/mol. The molecule has 2 N–H and O–H groups in total. The molecule has 0 aromatic carbocycles. The molecule has 12 heavy (non-hydrogen) atoms. The van der Waals surface area contributed by atoms with Crippen molar-refractivity contribution in [3.05, 3.63) is 12.5 Å². The first-order valence-electron chi connectivity index (χ1n) is 3.33. The Hall–Kier alpha value is -1.92. The van der Waals surface area contributed by atoms with Crippen molar-refractivity contribution in [1.82, 2.24) is 30.2 Å². The van der Waals surface area contributed by atoms with Gasteiger partial charge in [0.15, 0.2) is 5.82 Å². The van der Waals surface area contributed by atoms with Crippen LogP contribution in [0.1, 0.15) is 0 Å². The molecule has 2 aromatic heterocycles. The summed E-state index contributed by atoms with van der Waals surface area (Å²) in [6.07, 6.45) is 3.02. The van der Waals surface area contributed by atoms with Crippen LogP contribution in [-0.4, -0.2) is 30.2 Å². The van der Waals surface area contributed by atoms with Gasteiger partial charge in [0.1, 0.15) is 6.33 Å². The van der Waals surface area contributed by atoms with Crippen LogP contribution in [0.2, 0.25) is 0 Å². The first-order valence-corrected chi connectivity index (χ1v) is 3.33. The van der Waals surface area contributed by atoms with E-state index in [2.05, 4.69) is 30.8 Å². The van der Waals surface area contributed by atoms with Crippen molar-refractivity contribution in [2.24, 2.45) is 7.05 Å². The van der Waals surface area contributed by atoms with Crippen molar-refractivity contribution in [2.75, 3.05) is 5.32 Å². The number of aromatic nitrogens is 6. The summed E-state index contributed by atoms with van der Waals surface area (Å²) in [5, 5.41) is 16.7. The number of nitrogens with zero attached hydrogens (tertiary/aromatic N) is 5. The Kier molecular flexibility index (Phi) is 1.47. The van der Waals surface area contributed by atoms with E-state index in [4.69, 9.17) is 0 Å². The zero-order chi connectivity index (χ0) is 8.39. The molecule has 7 heteroatoms. The van der Waals surface area contributed by atoms with Gasteiger partial charge in [-0.05, 0) is 0 Å². The highest BCUT2D eigenvalue weighted by Crippen LogP contribution is 2.06. The van der Waals surface area contributed by atoms with Gasteiger partial charge < -0.3 is 5.32 Å². The smallest absolute Gasteiger partial charge is 0.224 e. The zero-order valence-electron chi connectivity index (χ0n) is 6.39. The Labute approximate surface area is 67.8 Å². The van der Waals surface area contributed by atoms with Gasteiger partial charge in [-0.1, -0.05) is 5.21 Å². The van der Waals surface area contributed by atoms with Gasteiger partial charge in [-0.3, -0.25) is 0 Å². The second-order valence-electron chi connectivity index (χ2n) is 2.20. The van der Waals surface area contributed by atoms with Crippen molar-refractivity contribution < 1.29 is 0 Å². The second-order valence-corrected chi connectivity index (χ2v) is 2.20. The lowest BCUT2D eigenvalue weighted by Crippen LogP contribution is -2.00. The molecule has 2 rings (SSSR count). The molecule has 0 saturated carbocycles. The molecule has 0 saturated heterocycles. The van der Waals surface area contributed by atoms with Crippen LogP contribution >= 0.6 is 0 Å². The molecule has 0 aliphatic carbocycles. The third kappa shape index (κ3) is 1.11. The Balaban J connectivity index is 2.20. The normalized spacial score (nSPS) is 10.1. The van der Waals surface area contributed by atoms with E-state index >= 15 is 0 Å². The maximum Gasteiger partial charge on any atom is 0.224 e. The zero-order valence-corrected chi connectivity index (χ0v) is 6.39. The van der Waals surface area contributed by atoms with Crippen LogP contribution in [0.5, 0.6) is 0 Å². The number of aryl methyl sites for hydroxylation is 1. The molecule has 62 valence electrons. The fraction of sp³-hybridized carbons (Fsp3) is 0.200. The highest BCUT2D eigenvalue weighted by atomic mass is 15.5.